The van der Waals surface area contributed by atoms with E-state index >= 15 is 0 Å². The molecule has 2 N–H and O–H groups in total. The van der Waals surface area contributed by atoms with Crippen molar-refractivity contribution in [3.8, 4) is 11.1 Å². The van der Waals surface area contributed by atoms with Gasteiger partial charge in [0.1, 0.15) is 18.2 Å². The first kappa shape index (κ1) is 23.8. The summed E-state index contributed by atoms with van der Waals surface area (Å²) >= 11 is 0. The highest BCUT2D eigenvalue weighted by Gasteiger charge is 2.56. The average molecular weight is 467 g/mol. The van der Waals surface area contributed by atoms with Crippen LogP contribution in [-0.4, -0.2) is 66.4 Å². The van der Waals surface area contributed by atoms with Gasteiger partial charge in [-0.1, -0.05) is 62.4 Å². The molecule has 4 rings (SSSR count). The number of hydrogen-bond acceptors (Lipinski definition) is 5. The molecule has 0 spiro atoms. The van der Waals surface area contributed by atoms with Gasteiger partial charge in [-0.2, -0.15) is 0 Å². The number of fused-ring (bicyclic) bond motifs is 3. The monoisotopic (exact) mass is 466 g/mol. The number of aliphatic carboxylic acids is 1. The number of likely N-dealkylation sites (tertiary alicyclic amines) is 1. The molecule has 2 atom stereocenters. The molecule has 8 heteroatoms. The molecular formula is C26H30N2O6. The number of amides is 2. The standard InChI is InChI=1S/C26H30N2O6/c1-25(2)14-28(21(25)22(29)30)23(31)26(3,15-33-4)27-24(32)34-13-20-18-11-7-5-9-16(18)17-10-6-8-12-19(17)20/h5-12,20-21H,13-15H2,1-4H3,(H,27,32)(H,29,30). The molecule has 1 saturated heterocycles. The smallest absolute Gasteiger partial charge is 0.408 e. The van der Waals surface area contributed by atoms with E-state index in [1.54, 1.807) is 13.8 Å². The molecular weight excluding hydrogens is 436 g/mol. The molecule has 1 fully saturated rings. The maximum absolute atomic E-state index is 13.3. The van der Waals surface area contributed by atoms with E-state index in [4.69, 9.17) is 9.47 Å². The highest BCUT2D eigenvalue weighted by Crippen LogP contribution is 2.44. The van der Waals surface area contributed by atoms with E-state index in [9.17, 15) is 19.5 Å². The minimum Gasteiger partial charge on any atom is -0.480 e. The minimum absolute atomic E-state index is 0.103. The largest absolute Gasteiger partial charge is 0.480 e. The van der Waals surface area contributed by atoms with Gasteiger partial charge in [0.2, 0.25) is 0 Å². The second-order valence-corrected chi connectivity index (χ2v) is 9.88. The summed E-state index contributed by atoms with van der Waals surface area (Å²) in [4.78, 5) is 39.1. The van der Waals surface area contributed by atoms with Crippen LogP contribution in [0.2, 0.25) is 0 Å². The van der Waals surface area contributed by atoms with Gasteiger partial charge in [-0.15, -0.1) is 0 Å². The van der Waals surface area contributed by atoms with Crippen molar-refractivity contribution in [1.29, 1.82) is 0 Å². The van der Waals surface area contributed by atoms with E-state index in [0.29, 0.717) is 0 Å². The summed E-state index contributed by atoms with van der Waals surface area (Å²) in [6.45, 7) is 5.36. The van der Waals surface area contributed by atoms with E-state index in [1.807, 2.05) is 36.4 Å². The Morgan fingerprint density at radius 2 is 1.65 bits per heavy atom. The van der Waals surface area contributed by atoms with Gasteiger partial charge in [0, 0.05) is 25.0 Å². The van der Waals surface area contributed by atoms with E-state index in [1.165, 1.54) is 18.9 Å². The molecule has 2 amide bonds. The quantitative estimate of drug-likeness (QED) is 0.649. The zero-order valence-electron chi connectivity index (χ0n) is 19.8. The highest BCUT2D eigenvalue weighted by atomic mass is 16.5. The molecule has 0 aromatic heterocycles. The Hall–Kier alpha value is -3.39. The van der Waals surface area contributed by atoms with Crippen LogP contribution in [0, 0.1) is 5.41 Å². The Morgan fingerprint density at radius 1 is 1.09 bits per heavy atom. The van der Waals surface area contributed by atoms with Crippen molar-refractivity contribution < 1.29 is 29.0 Å². The van der Waals surface area contributed by atoms with E-state index in [-0.39, 0.29) is 25.7 Å². The first-order chi connectivity index (χ1) is 16.1. The molecule has 2 aromatic rings. The number of methoxy groups -OCH3 is 1. The number of benzene rings is 2. The lowest BCUT2D eigenvalue weighted by molar-refractivity contribution is -0.176. The van der Waals surface area contributed by atoms with E-state index < -0.39 is 35.0 Å². The number of ether oxygens (including phenoxy) is 2. The highest BCUT2D eigenvalue weighted by molar-refractivity contribution is 5.94. The Balaban J connectivity index is 1.47. The normalized spacial score (nSPS) is 19.9. The van der Waals surface area contributed by atoms with Gasteiger partial charge >= 0.3 is 12.1 Å². The van der Waals surface area contributed by atoms with Crippen LogP contribution in [0.1, 0.15) is 37.8 Å². The lowest BCUT2D eigenvalue weighted by Crippen LogP contribution is -2.73. The van der Waals surface area contributed by atoms with Gasteiger partial charge < -0.3 is 24.8 Å². The van der Waals surface area contributed by atoms with E-state index in [2.05, 4.69) is 17.4 Å². The van der Waals surface area contributed by atoms with Crippen LogP contribution in [0.5, 0.6) is 0 Å². The van der Waals surface area contributed by atoms with Crippen molar-refractivity contribution in [3.05, 3.63) is 59.7 Å². The van der Waals surface area contributed by atoms with Crippen molar-refractivity contribution >= 4 is 18.0 Å². The van der Waals surface area contributed by atoms with Crippen LogP contribution in [-0.2, 0) is 19.1 Å². The molecule has 8 nitrogen and oxygen atoms in total. The number of carboxylic acid groups (broad SMARTS) is 1. The number of carbonyl (C=O) groups is 3. The van der Waals surface area contributed by atoms with Gasteiger partial charge in [0.05, 0.1) is 6.61 Å². The van der Waals surface area contributed by atoms with Gasteiger partial charge in [-0.25, -0.2) is 9.59 Å². The second-order valence-electron chi connectivity index (χ2n) is 9.88. The number of nitrogens with zero attached hydrogens (tertiary/aromatic N) is 1. The fraction of sp³-hybridized carbons (Fsp3) is 0.423. The number of nitrogens with one attached hydrogen (secondary N) is 1. The number of alkyl carbamates (subject to hydrolysis) is 1. The molecule has 0 saturated carbocycles. The fourth-order valence-electron chi connectivity index (χ4n) is 5.20. The SMILES string of the molecule is COCC(C)(NC(=O)OCC1c2ccccc2-c2ccccc21)C(=O)N1CC(C)(C)C1C(=O)O. The van der Waals surface area contributed by atoms with Crippen molar-refractivity contribution in [3.63, 3.8) is 0 Å². The minimum atomic E-state index is -1.47. The van der Waals surface area contributed by atoms with Crippen LogP contribution in [0.15, 0.2) is 48.5 Å². The van der Waals surface area contributed by atoms with Crippen molar-refractivity contribution in [2.45, 2.75) is 38.3 Å². The molecule has 34 heavy (non-hydrogen) atoms. The van der Waals surface area contributed by atoms with Gasteiger partial charge in [0.15, 0.2) is 0 Å². The molecule has 1 aliphatic carbocycles. The fourth-order valence-corrected chi connectivity index (χ4v) is 5.20. The lowest BCUT2D eigenvalue weighted by atomic mass is 9.74. The predicted octanol–water partition coefficient (Wildman–Crippen LogP) is 3.25. The number of hydrogen-bond donors (Lipinski definition) is 2. The first-order valence-corrected chi connectivity index (χ1v) is 11.2. The predicted molar refractivity (Wildman–Crippen MR) is 125 cm³/mol. The maximum atomic E-state index is 13.3. The number of rotatable bonds is 7. The van der Waals surface area contributed by atoms with Gasteiger partial charge in [-0.3, -0.25) is 4.79 Å². The first-order valence-electron chi connectivity index (χ1n) is 11.2. The third-order valence-electron chi connectivity index (χ3n) is 6.75. The lowest BCUT2D eigenvalue weighted by Gasteiger charge is -2.53. The summed E-state index contributed by atoms with van der Waals surface area (Å²) < 4.78 is 10.8. The molecule has 0 radical (unpaired) electrons. The second kappa shape index (κ2) is 8.76. The summed E-state index contributed by atoms with van der Waals surface area (Å²) in [5.74, 6) is -1.71. The van der Waals surface area contributed by atoms with Crippen molar-refractivity contribution in [2.24, 2.45) is 5.41 Å². The third-order valence-corrected chi connectivity index (χ3v) is 6.75. The third kappa shape index (κ3) is 4.03. The number of carbonyl (C=O) groups excluding carboxylic acids is 2. The van der Waals surface area contributed by atoms with E-state index in [0.717, 1.165) is 22.3 Å². The van der Waals surface area contributed by atoms with Crippen LogP contribution in [0.4, 0.5) is 4.79 Å². The molecule has 1 aliphatic heterocycles. The Bertz CT molecular complexity index is 1080. The van der Waals surface area contributed by atoms with Crippen LogP contribution < -0.4 is 5.32 Å². The number of carboxylic acids is 1. The van der Waals surface area contributed by atoms with Crippen LogP contribution in [0.3, 0.4) is 0 Å². The maximum Gasteiger partial charge on any atom is 0.408 e. The molecule has 180 valence electrons. The van der Waals surface area contributed by atoms with Crippen molar-refractivity contribution in [2.75, 3.05) is 26.9 Å². The van der Waals surface area contributed by atoms with Crippen LogP contribution >= 0.6 is 0 Å². The molecule has 2 aliphatic rings. The zero-order valence-corrected chi connectivity index (χ0v) is 19.8. The van der Waals surface area contributed by atoms with Crippen molar-refractivity contribution in [1.82, 2.24) is 10.2 Å². The Labute approximate surface area is 198 Å². The summed E-state index contributed by atoms with van der Waals surface area (Å²) in [7, 11) is 1.42. The van der Waals surface area contributed by atoms with Gasteiger partial charge in [0.25, 0.3) is 5.91 Å². The summed E-state index contributed by atoms with van der Waals surface area (Å²) in [5.41, 5.74) is 2.37. The molecule has 0 bridgehead atoms. The van der Waals surface area contributed by atoms with Gasteiger partial charge in [-0.05, 0) is 29.2 Å². The average Bonchev–Trinajstić information content (AvgIpc) is 3.09. The van der Waals surface area contributed by atoms with Crippen LogP contribution in [0.25, 0.3) is 11.1 Å². The molecule has 2 unspecified atom stereocenters. The molecule has 1 heterocycles. The summed E-state index contributed by atoms with van der Waals surface area (Å²) in [5, 5.41) is 12.2. The summed E-state index contributed by atoms with van der Waals surface area (Å²) in [6, 6.07) is 15.1. The molecule has 2 aromatic carbocycles. The zero-order chi connectivity index (χ0) is 24.7. The topological polar surface area (TPSA) is 105 Å². The Kier molecular flexibility index (Phi) is 6.12. The Morgan fingerprint density at radius 3 is 2.15 bits per heavy atom. The summed E-state index contributed by atoms with van der Waals surface area (Å²) in [6.07, 6.45) is -0.763.